The molecule has 2 aromatic carbocycles. The number of anilines is 1. The van der Waals surface area contributed by atoms with Crippen LogP contribution in [0.1, 0.15) is 11.5 Å². The second-order valence-electron chi connectivity index (χ2n) is 7.62. The van der Waals surface area contributed by atoms with Gasteiger partial charge < -0.3 is 14.0 Å². The van der Waals surface area contributed by atoms with Gasteiger partial charge in [-0.2, -0.15) is 10.1 Å². The zero-order valence-electron chi connectivity index (χ0n) is 18.1. The summed E-state index contributed by atoms with van der Waals surface area (Å²) in [7, 11) is 2.99. The third kappa shape index (κ3) is 3.47. The SMILES string of the molecule is COc1ccc(N2C(=O)[C@H]3N=NN(Cc4nc(-c5ccc(C)cc5)no4)[C@@H]3C2=O)cc1OC. The van der Waals surface area contributed by atoms with E-state index in [9.17, 15) is 9.59 Å². The van der Waals surface area contributed by atoms with E-state index in [1.165, 1.54) is 19.2 Å². The van der Waals surface area contributed by atoms with Crippen molar-refractivity contribution in [2.45, 2.75) is 25.6 Å². The molecule has 11 heteroatoms. The van der Waals surface area contributed by atoms with Gasteiger partial charge in [0.05, 0.1) is 19.9 Å². The number of hydrogen-bond acceptors (Lipinski definition) is 10. The molecule has 1 fully saturated rings. The number of carbonyl (C=O) groups is 2. The lowest BCUT2D eigenvalue weighted by molar-refractivity contribution is -0.123. The molecule has 0 unspecified atom stereocenters. The largest absolute Gasteiger partial charge is 0.493 e. The van der Waals surface area contributed by atoms with Crippen molar-refractivity contribution in [2.24, 2.45) is 10.3 Å². The standard InChI is InChI=1S/C22H20N6O5/c1-12-4-6-13(7-5-12)20-23-17(33-25-20)11-27-19-18(24-26-27)21(29)28(22(19)30)14-8-9-15(31-2)16(10-14)32-3/h4-10,18-19H,11H2,1-3H3/t18-,19-/m0/s1. The highest BCUT2D eigenvalue weighted by molar-refractivity contribution is 6.25. The van der Waals surface area contributed by atoms with Gasteiger partial charge in [0.2, 0.25) is 11.7 Å². The van der Waals surface area contributed by atoms with Crippen LogP contribution >= 0.6 is 0 Å². The average molecular weight is 448 g/mol. The minimum Gasteiger partial charge on any atom is -0.493 e. The molecule has 168 valence electrons. The van der Waals surface area contributed by atoms with Crippen molar-refractivity contribution in [3.63, 3.8) is 0 Å². The average Bonchev–Trinajstić information content (AvgIpc) is 3.52. The predicted molar refractivity (Wildman–Crippen MR) is 114 cm³/mol. The third-order valence-electron chi connectivity index (χ3n) is 5.56. The fraction of sp³-hybridized carbons (Fsp3) is 0.273. The summed E-state index contributed by atoms with van der Waals surface area (Å²) in [5.41, 5.74) is 2.30. The van der Waals surface area contributed by atoms with Gasteiger partial charge in [-0.15, -0.1) is 0 Å². The topological polar surface area (TPSA) is 123 Å². The van der Waals surface area contributed by atoms with Crippen LogP contribution < -0.4 is 14.4 Å². The molecule has 2 aliphatic rings. The summed E-state index contributed by atoms with van der Waals surface area (Å²) >= 11 is 0. The molecule has 1 aromatic heterocycles. The second kappa shape index (κ2) is 8.01. The third-order valence-corrected chi connectivity index (χ3v) is 5.56. The molecule has 3 heterocycles. The Morgan fingerprint density at radius 1 is 1.00 bits per heavy atom. The molecule has 5 rings (SSSR count). The van der Waals surface area contributed by atoms with Crippen molar-refractivity contribution in [1.82, 2.24) is 15.1 Å². The second-order valence-corrected chi connectivity index (χ2v) is 7.62. The van der Waals surface area contributed by atoms with Crippen molar-refractivity contribution < 1.29 is 23.6 Å². The maximum atomic E-state index is 13.2. The van der Waals surface area contributed by atoms with E-state index in [0.717, 1.165) is 16.0 Å². The van der Waals surface area contributed by atoms with E-state index in [-0.39, 0.29) is 12.4 Å². The molecule has 1 saturated heterocycles. The summed E-state index contributed by atoms with van der Waals surface area (Å²) in [4.78, 5) is 31.7. The molecule has 11 nitrogen and oxygen atoms in total. The molecule has 0 bridgehead atoms. The van der Waals surface area contributed by atoms with E-state index >= 15 is 0 Å². The summed E-state index contributed by atoms with van der Waals surface area (Å²) < 4.78 is 15.9. The fourth-order valence-corrected chi connectivity index (χ4v) is 3.85. The molecule has 33 heavy (non-hydrogen) atoms. The van der Waals surface area contributed by atoms with Gasteiger partial charge in [0.1, 0.15) is 6.54 Å². The highest BCUT2D eigenvalue weighted by atomic mass is 16.5. The van der Waals surface area contributed by atoms with Gasteiger partial charge in [-0.3, -0.25) is 14.6 Å². The van der Waals surface area contributed by atoms with Gasteiger partial charge in [-0.1, -0.05) is 40.2 Å². The lowest BCUT2D eigenvalue weighted by atomic mass is 10.1. The van der Waals surface area contributed by atoms with Crippen LogP contribution in [0, 0.1) is 6.92 Å². The van der Waals surface area contributed by atoms with Crippen LogP contribution in [-0.4, -0.2) is 53.3 Å². The Hall–Kier alpha value is -4.28. The summed E-state index contributed by atoms with van der Waals surface area (Å²) in [5, 5.41) is 13.4. The molecule has 2 atom stereocenters. The molecule has 0 radical (unpaired) electrons. The molecule has 0 aliphatic carbocycles. The highest BCUT2D eigenvalue weighted by Gasteiger charge is 2.55. The number of carbonyl (C=O) groups excluding carboxylic acids is 2. The number of hydrogen-bond donors (Lipinski definition) is 0. The van der Waals surface area contributed by atoms with Crippen molar-refractivity contribution in [1.29, 1.82) is 0 Å². The van der Waals surface area contributed by atoms with Crippen LogP contribution in [0.5, 0.6) is 11.5 Å². The summed E-state index contributed by atoms with van der Waals surface area (Å²) in [5.74, 6) is 0.673. The molecular weight excluding hydrogens is 428 g/mol. The number of aromatic nitrogens is 2. The number of rotatable bonds is 6. The van der Waals surface area contributed by atoms with Crippen LogP contribution in [0.2, 0.25) is 0 Å². The van der Waals surface area contributed by atoms with Gasteiger partial charge in [-0.25, -0.2) is 4.90 Å². The molecular formula is C22H20N6O5. The van der Waals surface area contributed by atoms with Gasteiger partial charge >= 0.3 is 0 Å². The number of imide groups is 1. The van der Waals surface area contributed by atoms with Crippen molar-refractivity contribution in [2.75, 3.05) is 19.1 Å². The summed E-state index contributed by atoms with van der Waals surface area (Å²) in [6.45, 7) is 2.04. The Labute approximate surface area is 188 Å². The van der Waals surface area contributed by atoms with E-state index in [1.54, 1.807) is 18.2 Å². The first-order valence-corrected chi connectivity index (χ1v) is 10.2. The van der Waals surface area contributed by atoms with Gasteiger partial charge in [0, 0.05) is 11.6 Å². The monoisotopic (exact) mass is 448 g/mol. The molecule has 2 aliphatic heterocycles. The zero-order chi connectivity index (χ0) is 23.1. The zero-order valence-corrected chi connectivity index (χ0v) is 18.1. The lowest BCUT2D eigenvalue weighted by Crippen LogP contribution is -2.39. The molecule has 3 aromatic rings. The van der Waals surface area contributed by atoms with E-state index < -0.39 is 23.9 Å². The lowest BCUT2D eigenvalue weighted by Gasteiger charge is -2.20. The van der Waals surface area contributed by atoms with Crippen LogP contribution in [0.15, 0.2) is 57.3 Å². The number of amides is 2. The number of fused-ring (bicyclic) bond motifs is 1. The summed E-state index contributed by atoms with van der Waals surface area (Å²) in [6.07, 6.45) is 0. The van der Waals surface area contributed by atoms with Crippen LogP contribution in [0.25, 0.3) is 11.4 Å². The molecule has 2 amide bonds. The number of benzene rings is 2. The number of methoxy groups -OCH3 is 2. The maximum Gasteiger partial charge on any atom is 0.263 e. The molecule has 0 N–H and O–H groups in total. The Bertz CT molecular complexity index is 1250. The molecule has 0 saturated carbocycles. The molecule has 0 spiro atoms. The number of aryl methyl sites for hydroxylation is 1. The quantitative estimate of drug-likeness (QED) is 0.527. The van der Waals surface area contributed by atoms with E-state index in [0.29, 0.717) is 23.0 Å². The van der Waals surface area contributed by atoms with Crippen molar-refractivity contribution in [3.05, 3.63) is 53.9 Å². The first-order chi connectivity index (χ1) is 16.0. The van der Waals surface area contributed by atoms with Crippen LogP contribution in [0.4, 0.5) is 5.69 Å². The first-order valence-electron chi connectivity index (χ1n) is 10.2. The predicted octanol–water partition coefficient (Wildman–Crippen LogP) is 2.56. The Morgan fingerprint density at radius 2 is 1.76 bits per heavy atom. The smallest absolute Gasteiger partial charge is 0.263 e. The fourth-order valence-electron chi connectivity index (χ4n) is 3.85. The number of ether oxygens (including phenoxy) is 2. The van der Waals surface area contributed by atoms with E-state index in [2.05, 4.69) is 20.5 Å². The first kappa shape index (κ1) is 20.6. The Balaban J connectivity index is 1.36. The Morgan fingerprint density at radius 3 is 2.48 bits per heavy atom. The minimum absolute atomic E-state index is 0.0440. The minimum atomic E-state index is -0.940. The van der Waals surface area contributed by atoms with Crippen LogP contribution in [-0.2, 0) is 16.1 Å². The van der Waals surface area contributed by atoms with Crippen molar-refractivity contribution in [3.8, 4) is 22.9 Å². The van der Waals surface area contributed by atoms with E-state index in [1.807, 2.05) is 31.2 Å². The van der Waals surface area contributed by atoms with E-state index in [4.69, 9.17) is 14.0 Å². The van der Waals surface area contributed by atoms with Crippen LogP contribution in [0.3, 0.4) is 0 Å². The maximum absolute atomic E-state index is 13.2. The van der Waals surface area contributed by atoms with Gasteiger partial charge in [-0.05, 0) is 19.1 Å². The van der Waals surface area contributed by atoms with Gasteiger partial charge in [0.15, 0.2) is 23.6 Å². The van der Waals surface area contributed by atoms with Gasteiger partial charge in [0.25, 0.3) is 11.8 Å². The normalized spacial score (nSPS) is 19.4. The Kier molecular flexibility index (Phi) is 5.00. The highest BCUT2D eigenvalue weighted by Crippen LogP contribution is 2.37. The summed E-state index contributed by atoms with van der Waals surface area (Å²) in [6, 6.07) is 10.7. The van der Waals surface area contributed by atoms with Crippen molar-refractivity contribution >= 4 is 17.5 Å². The number of nitrogens with zero attached hydrogens (tertiary/aromatic N) is 6.